The number of hydrogen-bond acceptors (Lipinski definition) is 9. The van der Waals surface area contributed by atoms with Gasteiger partial charge in [-0.05, 0) is 55.2 Å². The van der Waals surface area contributed by atoms with Crippen molar-refractivity contribution in [1.29, 1.82) is 0 Å². The minimum Gasteiger partial charge on any atom is -0.451 e. The summed E-state index contributed by atoms with van der Waals surface area (Å²) in [4.78, 5) is 72.0. The molecular formula is C40H58BrN3O9. The van der Waals surface area contributed by atoms with E-state index in [1.54, 1.807) is 14.1 Å². The van der Waals surface area contributed by atoms with Crippen molar-refractivity contribution in [2.24, 2.45) is 11.8 Å². The van der Waals surface area contributed by atoms with Crippen LogP contribution in [0.2, 0.25) is 0 Å². The first-order valence-corrected chi connectivity index (χ1v) is 19.1. The van der Waals surface area contributed by atoms with Crippen LogP contribution in [0.1, 0.15) is 71.1 Å². The summed E-state index contributed by atoms with van der Waals surface area (Å²) in [5.74, 6) is -3.21. The van der Waals surface area contributed by atoms with Gasteiger partial charge in [0.2, 0.25) is 0 Å². The molecular weight excluding hydrogens is 746 g/mol. The van der Waals surface area contributed by atoms with Gasteiger partial charge < -0.3 is 34.0 Å². The predicted molar refractivity (Wildman–Crippen MR) is 206 cm³/mol. The average molecular weight is 805 g/mol. The van der Waals surface area contributed by atoms with Crippen LogP contribution in [0, 0.1) is 11.8 Å². The number of alkyl halides is 1. The van der Waals surface area contributed by atoms with Crippen LogP contribution in [-0.4, -0.2) is 114 Å². The molecule has 1 N–H and O–H groups in total. The van der Waals surface area contributed by atoms with Crippen molar-refractivity contribution in [1.82, 2.24) is 14.7 Å². The van der Waals surface area contributed by atoms with Crippen LogP contribution in [0.3, 0.4) is 0 Å². The molecule has 0 aliphatic rings. The normalized spacial score (nSPS) is 14.8. The molecule has 2 rings (SSSR count). The zero-order chi connectivity index (χ0) is 40.0. The molecule has 13 heteroatoms. The number of esters is 2. The van der Waals surface area contributed by atoms with Gasteiger partial charge >= 0.3 is 11.9 Å². The van der Waals surface area contributed by atoms with E-state index in [1.807, 2.05) is 82.3 Å². The fraction of sp³-hybridized carbons (Fsp3) is 0.575. The Balaban J connectivity index is 2.27. The molecule has 12 nitrogen and oxygen atoms in total. The van der Waals surface area contributed by atoms with Crippen molar-refractivity contribution in [2.45, 2.75) is 109 Å². The maximum atomic E-state index is 13.8. The van der Waals surface area contributed by atoms with Gasteiger partial charge in [0.25, 0.3) is 17.7 Å². The Kier molecular flexibility index (Phi) is 18.6. The highest BCUT2D eigenvalue weighted by Crippen LogP contribution is 2.21. The van der Waals surface area contributed by atoms with Crippen molar-refractivity contribution >= 4 is 45.6 Å². The summed E-state index contributed by atoms with van der Waals surface area (Å²) in [7, 11) is 6.06. The molecule has 0 spiro atoms. The van der Waals surface area contributed by atoms with Gasteiger partial charge in [-0.25, -0.2) is 9.59 Å². The molecule has 2 aromatic rings. The zero-order valence-corrected chi connectivity index (χ0v) is 34.4. The second-order valence-electron chi connectivity index (χ2n) is 14.5. The number of nitrogens with zero attached hydrogens (tertiary/aromatic N) is 3. The maximum absolute atomic E-state index is 13.8. The molecule has 0 aliphatic carbocycles. The molecule has 53 heavy (non-hydrogen) atoms. The third kappa shape index (κ3) is 14.5. The van der Waals surface area contributed by atoms with Gasteiger partial charge in [-0.2, -0.15) is 0 Å². The van der Waals surface area contributed by atoms with Crippen molar-refractivity contribution in [2.75, 3.05) is 28.2 Å². The average Bonchev–Trinajstić information content (AvgIpc) is 3.10. The van der Waals surface area contributed by atoms with Crippen molar-refractivity contribution in [3.63, 3.8) is 0 Å². The number of aliphatic hydroxyl groups is 1. The Morgan fingerprint density at radius 1 is 0.623 bits per heavy atom. The monoisotopic (exact) mass is 803 g/mol. The van der Waals surface area contributed by atoms with Crippen LogP contribution < -0.4 is 0 Å². The van der Waals surface area contributed by atoms with Crippen molar-refractivity contribution in [3.05, 3.63) is 71.3 Å². The van der Waals surface area contributed by atoms with Crippen LogP contribution in [-0.2, 0) is 56.4 Å². The summed E-state index contributed by atoms with van der Waals surface area (Å²) in [5, 5.41) is 10.7. The Hall–Kier alpha value is -3.81. The molecule has 0 heterocycles. The fourth-order valence-corrected chi connectivity index (χ4v) is 6.14. The fourth-order valence-electron chi connectivity index (χ4n) is 5.77. The van der Waals surface area contributed by atoms with E-state index in [4.69, 9.17) is 14.2 Å². The van der Waals surface area contributed by atoms with Crippen molar-refractivity contribution < 1.29 is 43.3 Å². The van der Waals surface area contributed by atoms with Crippen molar-refractivity contribution in [3.8, 4) is 0 Å². The molecule has 294 valence electrons. The molecule has 2 aromatic carbocycles. The van der Waals surface area contributed by atoms with E-state index in [0.717, 1.165) is 16.7 Å². The first-order chi connectivity index (χ1) is 24.9. The number of halogens is 1. The van der Waals surface area contributed by atoms with Gasteiger partial charge in [-0.1, -0.05) is 98.2 Å². The number of rotatable bonds is 20. The first kappa shape index (κ1) is 45.3. The van der Waals surface area contributed by atoms with E-state index in [-0.39, 0.29) is 37.5 Å². The molecule has 0 aliphatic heterocycles. The lowest BCUT2D eigenvalue weighted by atomic mass is 10.0. The van der Waals surface area contributed by atoms with Gasteiger partial charge in [-0.15, -0.1) is 0 Å². The summed E-state index contributed by atoms with van der Waals surface area (Å²) in [6.45, 7) is 10.4. The zero-order valence-electron chi connectivity index (χ0n) is 32.8. The number of carbonyl (C=O) groups is 5. The molecule has 1 unspecified atom stereocenters. The maximum Gasteiger partial charge on any atom is 0.329 e. The van der Waals surface area contributed by atoms with Gasteiger partial charge in [0, 0.05) is 46.4 Å². The standard InChI is InChI=1S/C40H58BrN3O9/c1-25(2)20-32(44(10)38(48)35(52-28(6)45)23-30-16-18-31(24-41)19-17-30)39(49)51-27(5)36(46)43(9)33(21-26(3)4)40(50)53-34(37(47)42(7)8)22-29-14-12-11-13-15-29/h11-19,25-28,32-35,45H,20-24H2,1-10H3/t27-,28?,32+,33+,34-,35-/m1/s1. The second kappa shape index (κ2) is 21.8. The molecule has 6 atom stereocenters. The number of carbonyl (C=O) groups excluding carboxylic acids is 5. The molecule has 0 aromatic heterocycles. The number of aliphatic hydroxyl groups excluding tert-OH is 1. The van der Waals surface area contributed by atoms with Crippen LogP contribution in [0.4, 0.5) is 0 Å². The van der Waals surface area contributed by atoms with E-state index in [0.29, 0.717) is 5.33 Å². The largest absolute Gasteiger partial charge is 0.451 e. The Morgan fingerprint density at radius 3 is 1.55 bits per heavy atom. The Labute approximate surface area is 323 Å². The SMILES string of the molecule is CC(C)C[C@@H](C(=O)O[C@H](Cc1ccccc1)C(=O)N(C)C)N(C)C(=O)[C@@H](C)OC(=O)[C@H](CC(C)C)N(C)C(=O)[C@@H](Cc1ccc(CBr)cc1)OC(C)O. The summed E-state index contributed by atoms with van der Waals surface area (Å²) in [6.07, 6.45) is -4.03. The minimum absolute atomic E-state index is 0.0352. The van der Waals surface area contributed by atoms with Crippen LogP contribution >= 0.6 is 15.9 Å². The van der Waals surface area contributed by atoms with E-state index in [2.05, 4.69) is 15.9 Å². The van der Waals surface area contributed by atoms with Gasteiger partial charge in [-0.3, -0.25) is 14.4 Å². The minimum atomic E-state index is -1.32. The number of ether oxygens (including phenoxy) is 3. The van der Waals surface area contributed by atoms with Crippen LogP contribution in [0.5, 0.6) is 0 Å². The summed E-state index contributed by atoms with van der Waals surface area (Å²) < 4.78 is 17.1. The van der Waals surface area contributed by atoms with E-state index < -0.39 is 66.3 Å². The topological polar surface area (TPSA) is 143 Å². The lowest BCUT2D eigenvalue weighted by Crippen LogP contribution is -2.52. The van der Waals surface area contributed by atoms with E-state index >= 15 is 0 Å². The third-order valence-electron chi connectivity index (χ3n) is 8.68. The van der Waals surface area contributed by atoms with Gasteiger partial charge in [0.1, 0.15) is 18.2 Å². The third-order valence-corrected chi connectivity index (χ3v) is 9.33. The Bertz CT molecular complexity index is 1480. The lowest BCUT2D eigenvalue weighted by Gasteiger charge is -2.33. The molecule has 0 saturated carbocycles. The predicted octanol–water partition coefficient (Wildman–Crippen LogP) is 4.77. The van der Waals surface area contributed by atoms with Crippen LogP contribution in [0.25, 0.3) is 0 Å². The van der Waals surface area contributed by atoms with Gasteiger partial charge in [0.05, 0.1) is 0 Å². The summed E-state index contributed by atoms with van der Waals surface area (Å²) >= 11 is 3.42. The van der Waals surface area contributed by atoms with E-state index in [9.17, 15) is 29.1 Å². The number of benzene rings is 2. The van der Waals surface area contributed by atoms with Crippen LogP contribution in [0.15, 0.2) is 54.6 Å². The smallest absolute Gasteiger partial charge is 0.329 e. The second-order valence-corrected chi connectivity index (χ2v) is 15.1. The molecule has 0 saturated heterocycles. The van der Waals surface area contributed by atoms with Gasteiger partial charge in [0.15, 0.2) is 18.5 Å². The summed E-state index contributed by atoms with van der Waals surface area (Å²) in [5.41, 5.74) is 2.66. The first-order valence-electron chi connectivity index (χ1n) is 18.0. The molecule has 0 fully saturated rings. The highest BCUT2D eigenvalue weighted by Gasteiger charge is 2.38. The summed E-state index contributed by atoms with van der Waals surface area (Å²) in [6, 6.07) is 14.6. The number of likely N-dealkylation sites (N-methyl/N-ethyl adjacent to an activating group) is 3. The Morgan fingerprint density at radius 2 is 1.08 bits per heavy atom. The highest BCUT2D eigenvalue weighted by atomic mass is 79.9. The molecule has 0 radical (unpaired) electrons. The quantitative estimate of drug-likeness (QED) is 0.114. The number of amides is 3. The lowest BCUT2D eigenvalue weighted by molar-refractivity contribution is -0.175. The number of hydrogen-bond donors (Lipinski definition) is 1. The molecule has 3 amide bonds. The highest BCUT2D eigenvalue weighted by molar-refractivity contribution is 9.08. The van der Waals surface area contributed by atoms with E-state index in [1.165, 1.54) is 42.6 Å². The molecule has 0 bridgehead atoms.